The molecule has 2 aliphatic heterocycles. The Kier molecular flexibility index (Phi) is 7.80. The van der Waals surface area contributed by atoms with Crippen LogP contribution in [0.4, 0.5) is 0 Å². The van der Waals surface area contributed by atoms with E-state index in [1.165, 1.54) is 22.6 Å². The fourth-order valence-corrected chi connectivity index (χ4v) is 7.52. The standard InChI is InChI=1S/C29H33N3O8S/c1-16-23-26(33)32(18-13-17(14-18)28(34)35)29(36)31(27(23)41-24(16)25-30-9-12-39-25)15-22(40-19-7-10-38-11-8-19)20-5-3-4-6-21(20)37-2/h3-6,9,12,16-19,22,24H,7-8,10-11,13-15H2,1-2H3,(H,34,35). The van der Waals surface area contributed by atoms with Crippen molar-refractivity contribution in [3.8, 4) is 5.75 Å². The number of aromatic nitrogens is 3. The Labute approximate surface area is 240 Å². The van der Waals surface area contributed by atoms with Crippen LogP contribution in [0.2, 0.25) is 0 Å². The van der Waals surface area contributed by atoms with Gasteiger partial charge in [0.1, 0.15) is 18.1 Å². The zero-order valence-corrected chi connectivity index (χ0v) is 23.7. The minimum Gasteiger partial charge on any atom is -0.496 e. The van der Waals surface area contributed by atoms with E-state index < -0.39 is 29.7 Å². The van der Waals surface area contributed by atoms with Crippen molar-refractivity contribution >= 4 is 17.7 Å². The summed E-state index contributed by atoms with van der Waals surface area (Å²) in [6.45, 7) is 3.28. The molecule has 3 aliphatic rings. The lowest BCUT2D eigenvalue weighted by atomic mass is 9.80. The van der Waals surface area contributed by atoms with Crippen molar-refractivity contribution < 1.29 is 28.5 Å². The molecule has 3 unspecified atom stereocenters. The number of nitrogens with zero attached hydrogens (tertiary/aromatic N) is 3. The summed E-state index contributed by atoms with van der Waals surface area (Å²) in [4.78, 5) is 44.0. The maximum absolute atomic E-state index is 14.2. The lowest BCUT2D eigenvalue weighted by Crippen LogP contribution is -2.49. The monoisotopic (exact) mass is 583 g/mol. The largest absolute Gasteiger partial charge is 0.496 e. The molecule has 11 nitrogen and oxygen atoms in total. The van der Waals surface area contributed by atoms with Crippen molar-refractivity contribution in [1.82, 2.24) is 14.1 Å². The molecule has 1 N–H and O–H groups in total. The van der Waals surface area contributed by atoms with E-state index in [2.05, 4.69) is 4.98 Å². The normalized spacial score (nSPS) is 24.9. The highest BCUT2D eigenvalue weighted by atomic mass is 32.2. The summed E-state index contributed by atoms with van der Waals surface area (Å²) in [7, 11) is 1.60. The van der Waals surface area contributed by atoms with E-state index in [-0.39, 0.29) is 42.2 Å². The first kappa shape index (κ1) is 27.8. The van der Waals surface area contributed by atoms with Crippen molar-refractivity contribution in [2.24, 2.45) is 5.92 Å². The molecule has 0 radical (unpaired) electrons. The first-order valence-electron chi connectivity index (χ1n) is 13.9. The average Bonchev–Trinajstić information content (AvgIpc) is 3.60. The number of benzene rings is 1. The lowest BCUT2D eigenvalue weighted by molar-refractivity contribution is -0.146. The molecule has 0 amide bonds. The minimum atomic E-state index is -0.912. The summed E-state index contributed by atoms with van der Waals surface area (Å²) >= 11 is 1.39. The maximum atomic E-state index is 14.2. The Bertz CT molecular complexity index is 1520. The van der Waals surface area contributed by atoms with Gasteiger partial charge >= 0.3 is 11.7 Å². The Morgan fingerprint density at radius 1 is 1.22 bits per heavy atom. The Balaban J connectivity index is 1.46. The number of para-hydroxylation sites is 1. The molecule has 6 rings (SSSR count). The zero-order valence-electron chi connectivity index (χ0n) is 22.9. The number of carboxylic acids is 1. The molecule has 1 saturated carbocycles. The third-order valence-electron chi connectivity index (χ3n) is 8.39. The van der Waals surface area contributed by atoms with E-state index in [9.17, 15) is 19.5 Å². The number of rotatable bonds is 9. The number of hydrogen-bond acceptors (Lipinski definition) is 9. The van der Waals surface area contributed by atoms with E-state index in [0.29, 0.717) is 35.4 Å². The van der Waals surface area contributed by atoms with Crippen molar-refractivity contribution in [2.75, 3.05) is 20.3 Å². The van der Waals surface area contributed by atoms with Crippen molar-refractivity contribution in [1.29, 1.82) is 0 Å². The number of aliphatic carboxylic acids is 1. The number of oxazole rings is 1. The van der Waals surface area contributed by atoms with Crippen LogP contribution in [-0.4, -0.2) is 51.6 Å². The Morgan fingerprint density at radius 3 is 2.66 bits per heavy atom. The molecule has 3 atom stereocenters. The van der Waals surface area contributed by atoms with Gasteiger partial charge in [0.15, 0.2) is 0 Å². The number of methoxy groups -OCH3 is 1. The lowest BCUT2D eigenvalue weighted by Gasteiger charge is -2.34. The van der Waals surface area contributed by atoms with E-state index in [1.54, 1.807) is 17.9 Å². The summed E-state index contributed by atoms with van der Waals surface area (Å²) in [5.74, 6) is -0.638. The molecule has 3 aromatic rings. The number of carboxylic acid groups (broad SMARTS) is 1. The quantitative estimate of drug-likeness (QED) is 0.369. The molecule has 1 saturated heterocycles. The van der Waals surface area contributed by atoms with Gasteiger partial charge in [0, 0.05) is 30.7 Å². The van der Waals surface area contributed by atoms with Gasteiger partial charge in [-0.3, -0.25) is 18.7 Å². The second-order valence-electron chi connectivity index (χ2n) is 10.8. The summed E-state index contributed by atoms with van der Waals surface area (Å²) in [5, 5.41) is 9.73. The smallest absolute Gasteiger partial charge is 0.332 e. The van der Waals surface area contributed by atoms with E-state index >= 15 is 0 Å². The topological polar surface area (TPSA) is 135 Å². The number of fused-ring (bicyclic) bond motifs is 1. The summed E-state index contributed by atoms with van der Waals surface area (Å²) in [6.07, 6.45) is 4.39. The molecule has 1 aromatic carbocycles. The second-order valence-corrected chi connectivity index (χ2v) is 12.0. The second kappa shape index (κ2) is 11.5. The van der Waals surface area contributed by atoms with Crippen molar-refractivity contribution in [3.05, 3.63) is 74.6 Å². The van der Waals surface area contributed by atoms with Gasteiger partial charge in [-0.2, -0.15) is 0 Å². The van der Waals surface area contributed by atoms with Crippen LogP contribution in [-0.2, 0) is 20.8 Å². The fraction of sp³-hybridized carbons (Fsp3) is 0.517. The fourth-order valence-electron chi connectivity index (χ4n) is 6.04. The van der Waals surface area contributed by atoms with Gasteiger partial charge in [-0.15, -0.1) is 0 Å². The van der Waals surface area contributed by atoms with Crippen LogP contribution in [0, 0.1) is 5.92 Å². The van der Waals surface area contributed by atoms with Crippen LogP contribution in [0.15, 0.2) is 55.8 Å². The predicted octanol–water partition coefficient (Wildman–Crippen LogP) is 3.93. The molecule has 1 aliphatic carbocycles. The van der Waals surface area contributed by atoms with Gasteiger partial charge in [-0.25, -0.2) is 9.78 Å². The SMILES string of the molecule is COc1ccccc1C(Cn1c2c(c(=O)n(C3CC(C(=O)O)C3)c1=O)C(C)C(c1ncco1)S2)OC1CCOCC1. The van der Waals surface area contributed by atoms with Gasteiger partial charge < -0.3 is 23.7 Å². The molecule has 0 bridgehead atoms. The average molecular weight is 584 g/mol. The molecule has 218 valence electrons. The molecular formula is C29H33N3O8S. The Hall–Kier alpha value is -3.35. The zero-order chi connectivity index (χ0) is 28.7. The van der Waals surface area contributed by atoms with Crippen molar-refractivity contribution in [2.45, 2.75) is 73.6 Å². The third kappa shape index (κ3) is 5.13. The van der Waals surface area contributed by atoms with Crippen molar-refractivity contribution in [3.63, 3.8) is 0 Å². The third-order valence-corrected chi connectivity index (χ3v) is 9.92. The molecule has 41 heavy (non-hydrogen) atoms. The van der Waals surface area contributed by atoms with Crippen LogP contribution in [0.1, 0.15) is 72.9 Å². The first-order chi connectivity index (χ1) is 19.9. The van der Waals surface area contributed by atoms with Gasteiger partial charge in [0.05, 0.1) is 47.7 Å². The molecule has 2 fully saturated rings. The number of ether oxygens (including phenoxy) is 3. The summed E-state index contributed by atoms with van der Waals surface area (Å²) in [6, 6.07) is 7.10. The number of thioether (sulfide) groups is 1. The van der Waals surface area contributed by atoms with E-state index in [4.69, 9.17) is 18.6 Å². The van der Waals surface area contributed by atoms with Crippen LogP contribution < -0.4 is 16.0 Å². The molecule has 0 spiro atoms. The van der Waals surface area contributed by atoms with Crippen LogP contribution >= 0.6 is 11.8 Å². The predicted molar refractivity (Wildman–Crippen MR) is 149 cm³/mol. The first-order valence-corrected chi connectivity index (χ1v) is 14.8. The van der Waals surface area contributed by atoms with E-state index in [0.717, 1.165) is 18.4 Å². The highest BCUT2D eigenvalue weighted by molar-refractivity contribution is 7.99. The number of carbonyl (C=O) groups is 1. The van der Waals surface area contributed by atoms with Crippen LogP contribution in [0.25, 0.3) is 0 Å². The van der Waals surface area contributed by atoms with Gasteiger partial charge in [-0.1, -0.05) is 36.9 Å². The van der Waals surface area contributed by atoms with Crippen LogP contribution in [0.3, 0.4) is 0 Å². The molecule has 4 heterocycles. The highest BCUT2D eigenvalue weighted by Crippen LogP contribution is 2.52. The highest BCUT2D eigenvalue weighted by Gasteiger charge is 2.43. The van der Waals surface area contributed by atoms with Gasteiger partial charge in [0.25, 0.3) is 5.56 Å². The van der Waals surface area contributed by atoms with Gasteiger partial charge in [-0.05, 0) is 31.7 Å². The molecule has 12 heteroatoms. The maximum Gasteiger partial charge on any atom is 0.332 e. The van der Waals surface area contributed by atoms with Crippen LogP contribution in [0.5, 0.6) is 5.75 Å². The summed E-state index contributed by atoms with van der Waals surface area (Å²) in [5.41, 5.74) is 0.477. The van der Waals surface area contributed by atoms with E-state index in [1.807, 2.05) is 31.2 Å². The molecular weight excluding hydrogens is 550 g/mol. The summed E-state index contributed by atoms with van der Waals surface area (Å²) < 4.78 is 26.4. The van der Waals surface area contributed by atoms with Gasteiger partial charge in [0.2, 0.25) is 5.89 Å². The number of hydrogen-bond donors (Lipinski definition) is 1. The minimum absolute atomic E-state index is 0.0667. The Morgan fingerprint density at radius 2 is 1.98 bits per heavy atom. The molecule has 2 aromatic heterocycles.